The van der Waals surface area contributed by atoms with Gasteiger partial charge in [-0.2, -0.15) is 5.26 Å². The summed E-state index contributed by atoms with van der Waals surface area (Å²) in [5.41, 5.74) is 2.83. The molecule has 5 heteroatoms. The Morgan fingerprint density at radius 3 is 2.46 bits per heavy atom. The molecule has 5 nitrogen and oxygen atoms in total. The molecule has 0 aliphatic rings. The molecule has 0 spiro atoms. The summed E-state index contributed by atoms with van der Waals surface area (Å²) in [5, 5.41) is 15.4. The fourth-order valence-corrected chi connectivity index (χ4v) is 2.23. The van der Waals surface area contributed by atoms with Gasteiger partial charge in [-0.3, -0.25) is 4.99 Å². The first-order valence-corrected chi connectivity index (χ1v) is 7.91. The van der Waals surface area contributed by atoms with E-state index < -0.39 is 0 Å². The van der Waals surface area contributed by atoms with E-state index in [1.807, 2.05) is 55.5 Å². The van der Waals surface area contributed by atoms with E-state index in [-0.39, 0.29) is 0 Å². The highest BCUT2D eigenvalue weighted by atomic mass is 16.5. The Morgan fingerprint density at radius 1 is 1.08 bits per heavy atom. The third kappa shape index (κ3) is 5.03. The van der Waals surface area contributed by atoms with Crippen LogP contribution < -0.4 is 15.4 Å². The summed E-state index contributed by atoms with van der Waals surface area (Å²) in [5.74, 6) is 1.60. The van der Waals surface area contributed by atoms with E-state index in [0.29, 0.717) is 31.2 Å². The Morgan fingerprint density at radius 2 is 1.79 bits per heavy atom. The second-order valence-corrected chi connectivity index (χ2v) is 5.13. The van der Waals surface area contributed by atoms with Gasteiger partial charge in [0.2, 0.25) is 0 Å². The van der Waals surface area contributed by atoms with Crippen LogP contribution in [-0.2, 0) is 13.1 Å². The van der Waals surface area contributed by atoms with Crippen molar-refractivity contribution in [3.8, 4) is 11.8 Å². The lowest BCUT2D eigenvalue weighted by molar-refractivity contribution is 0.336. The molecule has 0 amide bonds. The number of para-hydroxylation sites is 1. The summed E-state index contributed by atoms with van der Waals surface area (Å²) < 4.78 is 5.63. The first kappa shape index (κ1) is 17.4. The quantitative estimate of drug-likeness (QED) is 0.634. The van der Waals surface area contributed by atoms with Gasteiger partial charge in [0.05, 0.1) is 18.2 Å². The molecule has 0 aliphatic carbocycles. The molecule has 0 saturated heterocycles. The van der Waals surface area contributed by atoms with Crippen LogP contribution in [-0.4, -0.2) is 19.6 Å². The molecular weight excluding hydrogens is 300 g/mol. The van der Waals surface area contributed by atoms with Crippen molar-refractivity contribution in [2.45, 2.75) is 20.0 Å². The highest BCUT2D eigenvalue weighted by Crippen LogP contribution is 2.17. The molecule has 0 bridgehead atoms. The van der Waals surface area contributed by atoms with Crippen molar-refractivity contribution in [1.29, 1.82) is 5.26 Å². The minimum atomic E-state index is 0.628. The molecule has 0 fully saturated rings. The van der Waals surface area contributed by atoms with Gasteiger partial charge in [0.25, 0.3) is 0 Å². The zero-order valence-corrected chi connectivity index (χ0v) is 14.0. The van der Waals surface area contributed by atoms with Crippen LogP contribution in [0.2, 0.25) is 0 Å². The van der Waals surface area contributed by atoms with E-state index in [4.69, 9.17) is 10.00 Å². The number of hydrogen-bond acceptors (Lipinski definition) is 3. The molecule has 0 unspecified atom stereocenters. The normalized spacial score (nSPS) is 10.8. The van der Waals surface area contributed by atoms with E-state index in [9.17, 15) is 0 Å². The maximum absolute atomic E-state index is 8.82. The maximum Gasteiger partial charge on any atom is 0.191 e. The number of rotatable bonds is 6. The molecule has 2 aromatic carbocycles. The summed E-state index contributed by atoms with van der Waals surface area (Å²) in [7, 11) is 1.74. The van der Waals surface area contributed by atoms with Crippen LogP contribution >= 0.6 is 0 Å². The summed E-state index contributed by atoms with van der Waals surface area (Å²) >= 11 is 0. The highest BCUT2D eigenvalue weighted by molar-refractivity contribution is 5.79. The number of benzene rings is 2. The molecule has 2 rings (SSSR count). The third-order valence-corrected chi connectivity index (χ3v) is 3.49. The smallest absolute Gasteiger partial charge is 0.191 e. The largest absolute Gasteiger partial charge is 0.494 e. The summed E-state index contributed by atoms with van der Waals surface area (Å²) in [4.78, 5) is 4.23. The number of nitriles is 1. The Balaban J connectivity index is 1.89. The van der Waals surface area contributed by atoms with Crippen LogP contribution in [0, 0.1) is 11.3 Å². The van der Waals surface area contributed by atoms with Gasteiger partial charge in [-0.25, -0.2) is 0 Å². The SMILES string of the molecule is CCOc1ccccc1CNC(=NC)NCc1ccc(C#N)cc1. The summed E-state index contributed by atoms with van der Waals surface area (Å²) in [6.45, 7) is 3.88. The molecule has 0 radical (unpaired) electrons. The van der Waals surface area contributed by atoms with E-state index in [0.717, 1.165) is 16.9 Å². The number of nitrogens with zero attached hydrogens (tertiary/aromatic N) is 2. The molecule has 2 aromatic rings. The average Bonchev–Trinajstić information content (AvgIpc) is 2.64. The van der Waals surface area contributed by atoms with E-state index in [1.54, 1.807) is 7.05 Å². The third-order valence-electron chi connectivity index (χ3n) is 3.49. The topological polar surface area (TPSA) is 69.4 Å². The lowest BCUT2D eigenvalue weighted by Gasteiger charge is -2.14. The maximum atomic E-state index is 8.82. The van der Waals surface area contributed by atoms with Gasteiger partial charge >= 0.3 is 0 Å². The molecule has 24 heavy (non-hydrogen) atoms. The lowest BCUT2D eigenvalue weighted by atomic mass is 10.1. The van der Waals surface area contributed by atoms with E-state index >= 15 is 0 Å². The van der Waals surface area contributed by atoms with Crippen molar-refractivity contribution in [2.75, 3.05) is 13.7 Å². The molecule has 0 heterocycles. The van der Waals surface area contributed by atoms with Crippen molar-refractivity contribution >= 4 is 5.96 Å². The molecule has 0 atom stereocenters. The van der Waals surface area contributed by atoms with Crippen LogP contribution in [0.4, 0.5) is 0 Å². The molecule has 0 saturated carbocycles. The van der Waals surface area contributed by atoms with Crippen LogP contribution in [0.15, 0.2) is 53.5 Å². The van der Waals surface area contributed by atoms with Crippen LogP contribution in [0.5, 0.6) is 5.75 Å². The number of hydrogen-bond donors (Lipinski definition) is 2. The molecule has 0 aliphatic heterocycles. The van der Waals surface area contributed by atoms with Crippen LogP contribution in [0.3, 0.4) is 0 Å². The second-order valence-electron chi connectivity index (χ2n) is 5.13. The van der Waals surface area contributed by atoms with Gasteiger partial charge in [-0.15, -0.1) is 0 Å². The van der Waals surface area contributed by atoms with E-state index in [2.05, 4.69) is 21.7 Å². The molecular formula is C19H22N4O. The van der Waals surface area contributed by atoms with Crippen molar-refractivity contribution in [3.63, 3.8) is 0 Å². The fraction of sp³-hybridized carbons (Fsp3) is 0.263. The van der Waals surface area contributed by atoms with Gasteiger partial charge in [0, 0.05) is 25.7 Å². The summed E-state index contributed by atoms with van der Waals surface area (Å²) in [6, 6.07) is 17.6. The highest BCUT2D eigenvalue weighted by Gasteiger charge is 2.04. The van der Waals surface area contributed by atoms with Crippen molar-refractivity contribution in [2.24, 2.45) is 4.99 Å². The molecule has 0 aromatic heterocycles. The van der Waals surface area contributed by atoms with Crippen LogP contribution in [0.25, 0.3) is 0 Å². The summed E-state index contributed by atoms with van der Waals surface area (Å²) in [6.07, 6.45) is 0. The first-order chi connectivity index (χ1) is 11.8. The standard InChI is InChI=1S/C19H22N4O/c1-3-24-18-7-5-4-6-17(18)14-23-19(21-2)22-13-16-10-8-15(12-20)9-11-16/h4-11H,3,13-14H2,1-2H3,(H2,21,22,23). The predicted octanol–water partition coefficient (Wildman–Crippen LogP) is 2.82. The van der Waals surface area contributed by atoms with Crippen molar-refractivity contribution in [1.82, 2.24) is 10.6 Å². The number of guanidine groups is 1. The Hall–Kier alpha value is -3.00. The zero-order chi connectivity index (χ0) is 17.2. The zero-order valence-electron chi connectivity index (χ0n) is 14.0. The van der Waals surface area contributed by atoms with Gasteiger partial charge in [0.1, 0.15) is 5.75 Å². The molecule has 2 N–H and O–H groups in total. The Kier molecular flexibility index (Phi) is 6.66. The second kappa shape index (κ2) is 9.21. The van der Waals surface area contributed by atoms with Crippen LogP contribution in [0.1, 0.15) is 23.6 Å². The van der Waals surface area contributed by atoms with Gasteiger partial charge in [0.15, 0.2) is 5.96 Å². The minimum absolute atomic E-state index is 0.628. The van der Waals surface area contributed by atoms with Gasteiger partial charge in [-0.05, 0) is 30.7 Å². The van der Waals surface area contributed by atoms with Gasteiger partial charge in [-0.1, -0.05) is 30.3 Å². The van der Waals surface area contributed by atoms with Gasteiger partial charge < -0.3 is 15.4 Å². The van der Waals surface area contributed by atoms with Crippen molar-refractivity contribution < 1.29 is 4.74 Å². The Bertz CT molecular complexity index is 717. The number of nitrogens with one attached hydrogen (secondary N) is 2. The fourth-order valence-electron chi connectivity index (χ4n) is 2.23. The first-order valence-electron chi connectivity index (χ1n) is 7.91. The lowest BCUT2D eigenvalue weighted by Crippen LogP contribution is -2.36. The predicted molar refractivity (Wildman–Crippen MR) is 95.8 cm³/mol. The number of aliphatic imine (C=N–C) groups is 1. The Labute approximate surface area is 143 Å². The average molecular weight is 322 g/mol. The monoisotopic (exact) mass is 322 g/mol. The number of ether oxygens (including phenoxy) is 1. The molecule has 124 valence electrons. The minimum Gasteiger partial charge on any atom is -0.494 e. The van der Waals surface area contributed by atoms with E-state index in [1.165, 1.54) is 0 Å². The van der Waals surface area contributed by atoms with Crippen molar-refractivity contribution in [3.05, 3.63) is 65.2 Å².